The molecule has 0 saturated heterocycles. The maximum absolute atomic E-state index is 11.5. The fraction of sp³-hybridized carbons (Fsp3) is 0.667. The van der Waals surface area contributed by atoms with Crippen LogP contribution in [0.3, 0.4) is 0 Å². The van der Waals surface area contributed by atoms with E-state index in [9.17, 15) is 19.0 Å². The molecule has 0 heterocycles. The first-order chi connectivity index (χ1) is 8.86. The van der Waals surface area contributed by atoms with Crippen LogP contribution in [0.5, 0.6) is 0 Å². The van der Waals surface area contributed by atoms with Gasteiger partial charge in [-0.25, -0.2) is 9.65 Å². The van der Waals surface area contributed by atoms with Crippen molar-refractivity contribution in [3.05, 3.63) is 0 Å². The van der Waals surface area contributed by atoms with Gasteiger partial charge >= 0.3 is 19.7 Å². The molecule has 0 spiro atoms. The summed E-state index contributed by atoms with van der Waals surface area (Å²) in [6.07, 6.45) is -0.582. The zero-order chi connectivity index (χ0) is 14.9. The van der Waals surface area contributed by atoms with Crippen LogP contribution in [0.15, 0.2) is 0 Å². The van der Waals surface area contributed by atoms with E-state index in [1.165, 1.54) is 0 Å². The third kappa shape index (κ3) is 7.54. The molecule has 0 aromatic carbocycles. The maximum Gasteiger partial charge on any atom is 0.403 e. The van der Waals surface area contributed by atoms with Crippen LogP contribution in [0, 0.1) is 11.3 Å². The fourth-order valence-electron chi connectivity index (χ4n) is 1.02. The number of nitrogens with one attached hydrogen (secondary N) is 1. The van der Waals surface area contributed by atoms with Crippen molar-refractivity contribution in [3.63, 3.8) is 0 Å². The predicted octanol–water partition coefficient (Wildman–Crippen LogP) is -0.289. The van der Waals surface area contributed by atoms with Gasteiger partial charge in [-0.05, 0) is 0 Å². The van der Waals surface area contributed by atoms with Crippen molar-refractivity contribution in [2.24, 2.45) is 0 Å². The Morgan fingerprint density at radius 1 is 1.42 bits per heavy atom. The smallest absolute Gasteiger partial charge is 0.403 e. The van der Waals surface area contributed by atoms with Crippen molar-refractivity contribution in [1.29, 1.82) is 5.26 Å². The summed E-state index contributed by atoms with van der Waals surface area (Å²) in [5.41, 5.74) is 0. The fourth-order valence-corrected chi connectivity index (χ4v) is 2.03. The van der Waals surface area contributed by atoms with Crippen molar-refractivity contribution in [2.45, 2.75) is 18.9 Å². The van der Waals surface area contributed by atoms with E-state index in [0.717, 1.165) is 14.2 Å². The molecule has 0 amide bonds. The Bertz CT molecular complexity index is 406. The second kappa shape index (κ2) is 8.61. The molecule has 2 N–H and O–H groups in total. The Balaban J connectivity index is 4.62. The van der Waals surface area contributed by atoms with Crippen LogP contribution in [-0.4, -0.2) is 43.7 Å². The lowest BCUT2D eigenvalue weighted by molar-refractivity contribution is -0.149. The van der Waals surface area contributed by atoms with Crippen molar-refractivity contribution in [1.82, 2.24) is 5.09 Å². The minimum absolute atomic E-state index is 0.0911. The molecule has 0 aromatic rings. The highest BCUT2D eigenvalue weighted by Gasteiger charge is 2.31. The standard InChI is InChI=1S/C9H15N2O7P/c1-16-8(12)6-7(9(13)17-2)11-19(14,15)18-5-3-4-10/h7H,3,5-6H2,1-2H3,(H2,11,14,15). The topological polar surface area (TPSA) is 135 Å². The minimum Gasteiger partial charge on any atom is -0.469 e. The van der Waals surface area contributed by atoms with E-state index < -0.39 is 32.1 Å². The van der Waals surface area contributed by atoms with Gasteiger partial charge in [0.15, 0.2) is 0 Å². The number of hydrogen-bond acceptors (Lipinski definition) is 7. The van der Waals surface area contributed by atoms with Gasteiger partial charge in [-0.3, -0.25) is 14.1 Å². The lowest BCUT2D eigenvalue weighted by Gasteiger charge is -2.18. The maximum atomic E-state index is 11.5. The summed E-state index contributed by atoms with van der Waals surface area (Å²) in [4.78, 5) is 31.8. The molecule has 0 aliphatic carbocycles. The zero-order valence-electron chi connectivity index (χ0n) is 10.5. The van der Waals surface area contributed by atoms with Gasteiger partial charge in [0, 0.05) is 0 Å². The normalized spacial score (nSPS) is 14.8. The van der Waals surface area contributed by atoms with E-state index >= 15 is 0 Å². The summed E-state index contributed by atoms with van der Waals surface area (Å²) in [5.74, 6) is -1.68. The summed E-state index contributed by atoms with van der Waals surface area (Å²) in [6, 6.07) is 0.339. The molecule has 9 nitrogen and oxygen atoms in total. The van der Waals surface area contributed by atoms with Gasteiger partial charge in [0.05, 0.1) is 39.7 Å². The van der Waals surface area contributed by atoms with Gasteiger partial charge in [-0.2, -0.15) is 5.26 Å². The van der Waals surface area contributed by atoms with Crippen molar-refractivity contribution in [3.8, 4) is 6.07 Å². The molecule has 0 aromatic heterocycles. The van der Waals surface area contributed by atoms with E-state index in [0.29, 0.717) is 0 Å². The number of nitriles is 1. The van der Waals surface area contributed by atoms with Crippen molar-refractivity contribution >= 4 is 19.7 Å². The molecule has 2 unspecified atom stereocenters. The van der Waals surface area contributed by atoms with Gasteiger partial charge < -0.3 is 14.4 Å². The van der Waals surface area contributed by atoms with Crippen LogP contribution in [0.4, 0.5) is 0 Å². The molecule has 19 heavy (non-hydrogen) atoms. The molecule has 0 rings (SSSR count). The first kappa shape index (κ1) is 17.5. The molecule has 0 saturated carbocycles. The lowest BCUT2D eigenvalue weighted by atomic mass is 10.2. The first-order valence-electron chi connectivity index (χ1n) is 5.13. The quantitative estimate of drug-likeness (QED) is 0.351. The van der Waals surface area contributed by atoms with Crippen molar-refractivity contribution in [2.75, 3.05) is 20.8 Å². The van der Waals surface area contributed by atoms with E-state index in [4.69, 9.17) is 5.26 Å². The number of methoxy groups -OCH3 is 2. The van der Waals surface area contributed by atoms with Crippen LogP contribution >= 0.6 is 7.75 Å². The van der Waals surface area contributed by atoms with E-state index in [1.807, 2.05) is 5.09 Å². The van der Waals surface area contributed by atoms with Gasteiger partial charge in [0.1, 0.15) is 6.04 Å². The van der Waals surface area contributed by atoms with Crippen LogP contribution < -0.4 is 5.09 Å². The van der Waals surface area contributed by atoms with Crippen LogP contribution in [0.2, 0.25) is 0 Å². The average molecular weight is 294 g/mol. The molecule has 0 bridgehead atoms. The highest BCUT2D eigenvalue weighted by molar-refractivity contribution is 7.50. The van der Waals surface area contributed by atoms with Crippen LogP contribution in [-0.2, 0) is 28.2 Å². The number of rotatable bonds is 8. The zero-order valence-corrected chi connectivity index (χ0v) is 11.4. The van der Waals surface area contributed by atoms with E-state index in [1.54, 1.807) is 6.07 Å². The molecular formula is C9H15N2O7P. The van der Waals surface area contributed by atoms with Gasteiger partial charge in [0.2, 0.25) is 0 Å². The third-order valence-electron chi connectivity index (χ3n) is 1.88. The molecule has 108 valence electrons. The van der Waals surface area contributed by atoms with E-state index in [2.05, 4.69) is 14.0 Å². The minimum atomic E-state index is -4.32. The second-order valence-corrected chi connectivity index (χ2v) is 4.80. The van der Waals surface area contributed by atoms with E-state index in [-0.39, 0.29) is 13.0 Å². The number of carbonyl (C=O) groups is 2. The van der Waals surface area contributed by atoms with Crippen LogP contribution in [0.25, 0.3) is 0 Å². The Labute approximate surface area is 110 Å². The molecular weight excluding hydrogens is 279 g/mol. The summed E-state index contributed by atoms with van der Waals surface area (Å²) < 4.78 is 24.8. The van der Waals surface area contributed by atoms with Gasteiger partial charge in [-0.1, -0.05) is 0 Å². The Kier molecular flexibility index (Phi) is 7.95. The Morgan fingerprint density at radius 3 is 2.53 bits per heavy atom. The molecule has 10 heteroatoms. The van der Waals surface area contributed by atoms with Gasteiger partial charge in [-0.15, -0.1) is 0 Å². The summed E-state index contributed by atoms with van der Waals surface area (Å²) >= 11 is 0. The number of esters is 2. The SMILES string of the molecule is COC(=O)CC(NP(=O)(O)OCCC#N)C(=O)OC. The lowest BCUT2D eigenvalue weighted by Crippen LogP contribution is -2.38. The average Bonchev–Trinajstić information content (AvgIpc) is 2.36. The monoisotopic (exact) mass is 294 g/mol. The highest BCUT2D eigenvalue weighted by Crippen LogP contribution is 2.37. The number of carbonyl (C=O) groups excluding carboxylic acids is 2. The Morgan fingerprint density at radius 2 is 2.05 bits per heavy atom. The van der Waals surface area contributed by atoms with Crippen LogP contribution in [0.1, 0.15) is 12.8 Å². The third-order valence-corrected chi connectivity index (χ3v) is 3.05. The largest absolute Gasteiger partial charge is 0.469 e. The number of hydrogen-bond donors (Lipinski definition) is 2. The van der Waals surface area contributed by atoms with Gasteiger partial charge in [0.25, 0.3) is 0 Å². The second-order valence-electron chi connectivity index (χ2n) is 3.25. The number of ether oxygens (including phenoxy) is 2. The predicted molar refractivity (Wildman–Crippen MR) is 61.6 cm³/mol. The molecule has 0 aliphatic heterocycles. The highest BCUT2D eigenvalue weighted by atomic mass is 31.2. The molecule has 0 fully saturated rings. The summed E-state index contributed by atoms with van der Waals surface area (Å²) in [6.45, 7) is -0.288. The molecule has 2 atom stereocenters. The number of nitrogens with zero attached hydrogens (tertiary/aromatic N) is 1. The molecule has 0 radical (unpaired) electrons. The summed E-state index contributed by atoms with van der Waals surface area (Å²) in [5, 5.41) is 10.2. The first-order valence-corrected chi connectivity index (χ1v) is 6.70. The Hall–Kier alpha value is -1.46. The molecule has 0 aliphatic rings. The summed E-state index contributed by atoms with van der Waals surface area (Å²) in [7, 11) is -2.15. The van der Waals surface area contributed by atoms with Crippen molar-refractivity contribution < 1.29 is 33.0 Å².